The molecule has 25 heavy (non-hydrogen) atoms. The van der Waals surface area contributed by atoms with Crippen LogP contribution in [0.3, 0.4) is 0 Å². The Bertz CT molecular complexity index is 796. The summed E-state index contributed by atoms with van der Waals surface area (Å²) in [5, 5.41) is 2.68. The molecule has 3 rings (SSSR count). The molecule has 1 aromatic rings. The van der Waals surface area contributed by atoms with Crippen molar-refractivity contribution >= 4 is 40.5 Å². The number of nitrogens with zero attached hydrogens (tertiary/aromatic N) is 1. The molecule has 0 unspecified atom stereocenters. The molecule has 5 nitrogen and oxygen atoms in total. The van der Waals surface area contributed by atoms with Gasteiger partial charge in [0.25, 0.3) is 0 Å². The summed E-state index contributed by atoms with van der Waals surface area (Å²) in [6.45, 7) is 2.03. The third-order valence-corrected chi connectivity index (χ3v) is 4.33. The van der Waals surface area contributed by atoms with Crippen molar-refractivity contribution in [2.75, 3.05) is 22.7 Å². The van der Waals surface area contributed by atoms with E-state index in [0.717, 1.165) is 24.0 Å². The van der Waals surface area contributed by atoms with Gasteiger partial charge < -0.3 is 4.74 Å². The van der Waals surface area contributed by atoms with E-state index in [9.17, 15) is 9.59 Å². The van der Waals surface area contributed by atoms with E-state index in [4.69, 9.17) is 16.3 Å². The number of hydrogen-bond donors (Lipinski definition) is 1. The topological polar surface area (TPSA) is 58.6 Å². The van der Waals surface area contributed by atoms with Gasteiger partial charge in [-0.25, -0.2) is 4.79 Å². The Labute approximate surface area is 151 Å². The van der Waals surface area contributed by atoms with Crippen LogP contribution in [0.1, 0.15) is 25.3 Å². The molecule has 0 atom stereocenters. The molecule has 0 bridgehead atoms. The minimum absolute atomic E-state index is 0.125. The third kappa shape index (κ3) is 3.61. The molecular weight excluding hydrogens is 340 g/mol. The van der Waals surface area contributed by atoms with E-state index in [1.807, 2.05) is 18.2 Å². The molecule has 0 aromatic heterocycles. The Morgan fingerprint density at radius 1 is 1.32 bits per heavy atom. The monoisotopic (exact) mass is 358 g/mol. The largest absolute Gasteiger partial charge is 0.450 e. The van der Waals surface area contributed by atoms with Gasteiger partial charge in [-0.1, -0.05) is 18.2 Å². The lowest BCUT2D eigenvalue weighted by Crippen LogP contribution is -2.27. The van der Waals surface area contributed by atoms with Crippen LogP contribution in [0.4, 0.5) is 16.2 Å². The molecule has 1 heterocycles. The average molecular weight is 359 g/mol. The molecule has 1 aliphatic carbocycles. The highest BCUT2D eigenvalue weighted by atomic mass is 35.5. The number of anilines is 2. The molecule has 2 aliphatic rings. The van der Waals surface area contributed by atoms with Crippen molar-refractivity contribution in [2.24, 2.45) is 0 Å². The number of alkyl halides is 1. The summed E-state index contributed by atoms with van der Waals surface area (Å²) in [4.78, 5) is 25.5. The maximum absolute atomic E-state index is 12.3. The number of allylic oxidation sites excluding steroid dienone is 5. The standard InChI is InChI=1S/C19H19ClN2O3/c1-2-25-19(24)21-14-7-8-16-15-6-4-3-5-13(15)9-10-22(17(16)11-14)18(23)12-20/h3,5,7-11H,2,4,6,12H2,1H3,(H,21,24). The van der Waals surface area contributed by atoms with Crippen LogP contribution >= 0.6 is 11.6 Å². The highest BCUT2D eigenvalue weighted by Gasteiger charge is 2.23. The van der Waals surface area contributed by atoms with Gasteiger partial charge >= 0.3 is 6.09 Å². The molecule has 1 aromatic carbocycles. The number of amides is 2. The highest BCUT2D eigenvalue weighted by molar-refractivity contribution is 6.29. The lowest BCUT2D eigenvalue weighted by Gasteiger charge is -2.22. The molecule has 0 fully saturated rings. The van der Waals surface area contributed by atoms with Crippen molar-refractivity contribution in [3.63, 3.8) is 0 Å². The van der Waals surface area contributed by atoms with Crippen LogP contribution in [-0.2, 0) is 9.53 Å². The summed E-state index contributed by atoms with van der Waals surface area (Å²) in [6, 6.07) is 5.51. The molecule has 0 radical (unpaired) electrons. The van der Waals surface area contributed by atoms with E-state index in [1.54, 1.807) is 19.2 Å². The zero-order valence-electron chi connectivity index (χ0n) is 13.9. The van der Waals surface area contributed by atoms with Gasteiger partial charge in [0.05, 0.1) is 12.3 Å². The third-order valence-electron chi connectivity index (χ3n) is 4.10. The van der Waals surface area contributed by atoms with Crippen molar-refractivity contribution in [3.8, 4) is 0 Å². The molecule has 0 saturated carbocycles. The van der Waals surface area contributed by atoms with Crippen LogP contribution < -0.4 is 10.2 Å². The van der Waals surface area contributed by atoms with Crippen LogP contribution in [0.25, 0.3) is 5.57 Å². The van der Waals surface area contributed by atoms with Gasteiger partial charge in [0.15, 0.2) is 0 Å². The second kappa shape index (κ2) is 7.57. The maximum Gasteiger partial charge on any atom is 0.411 e. The summed E-state index contributed by atoms with van der Waals surface area (Å²) in [5.74, 6) is -0.351. The molecule has 6 heteroatoms. The van der Waals surface area contributed by atoms with Gasteiger partial charge in [0.1, 0.15) is 5.88 Å². The summed E-state index contributed by atoms with van der Waals surface area (Å²) in [6.07, 6.45) is 9.18. The fourth-order valence-corrected chi connectivity index (χ4v) is 3.12. The highest BCUT2D eigenvalue weighted by Crippen LogP contribution is 2.39. The van der Waals surface area contributed by atoms with Crippen molar-refractivity contribution in [1.29, 1.82) is 0 Å². The Balaban J connectivity index is 2.06. The molecule has 1 aliphatic heterocycles. The minimum atomic E-state index is -0.526. The van der Waals surface area contributed by atoms with Crippen LogP contribution in [0.2, 0.25) is 0 Å². The maximum atomic E-state index is 12.3. The smallest absolute Gasteiger partial charge is 0.411 e. The first-order valence-corrected chi connectivity index (χ1v) is 8.71. The number of nitrogens with one attached hydrogen (secondary N) is 1. The van der Waals surface area contributed by atoms with E-state index < -0.39 is 6.09 Å². The first-order chi connectivity index (χ1) is 12.1. The zero-order valence-corrected chi connectivity index (χ0v) is 14.7. The van der Waals surface area contributed by atoms with Gasteiger partial charge in [-0.3, -0.25) is 15.0 Å². The number of carbonyl (C=O) groups excluding carboxylic acids is 2. The van der Waals surface area contributed by atoms with Crippen molar-refractivity contribution < 1.29 is 14.3 Å². The predicted molar refractivity (Wildman–Crippen MR) is 99.7 cm³/mol. The van der Waals surface area contributed by atoms with Crippen LogP contribution in [0.5, 0.6) is 0 Å². The predicted octanol–water partition coefficient (Wildman–Crippen LogP) is 4.46. The first kappa shape index (κ1) is 17.3. The number of fused-ring (bicyclic) bond motifs is 2. The summed E-state index contributed by atoms with van der Waals surface area (Å²) >= 11 is 5.78. The van der Waals surface area contributed by atoms with E-state index >= 15 is 0 Å². The number of benzene rings is 1. The van der Waals surface area contributed by atoms with Crippen molar-refractivity contribution in [2.45, 2.75) is 19.8 Å². The molecule has 0 saturated heterocycles. The molecular formula is C19H19ClN2O3. The van der Waals surface area contributed by atoms with Gasteiger partial charge in [0, 0.05) is 17.5 Å². The normalized spacial score (nSPS) is 15.4. The second-order valence-corrected chi connectivity index (χ2v) is 5.93. The van der Waals surface area contributed by atoms with E-state index in [0.29, 0.717) is 18.0 Å². The lowest BCUT2D eigenvalue weighted by atomic mass is 9.91. The van der Waals surface area contributed by atoms with E-state index in [-0.39, 0.29) is 11.8 Å². The fraction of sp³-hybridized carbons (Fsp3) is 0.263. The van der Waals surface area contributed by atoms with E-state index in [2.05, 4.69) is 17.5 Å². The summed E-state index contributed by atoms with van der Waals surface area (Å²) in [7, 11) is 0. The summed E-state index contributed by atoms with van der Waals surface area (Å²) < 4.78 is 4.91. The fourth-order valence-electron chi connectivity index (χ4n) is 3.00. The molecule has 130 valence electrons. The molecule has 2 amide bonds. The number of hydrogen-bond acceptors (Lipinski definition) is 3. The van der Waals surface area contributed by atoms with Crippen LogP contribution in [-0.4, -0.2) is 24.5 Å². The van der Waals surface area contributed by atoms with Crippen molar-refractivity contribution in [1.82, 2.24) is 0 Å². The van der Waals surface area contributed by atoms with Gasteiger partial charge in [-0.2, -0.15) is 0 Å². The molecule has 0 spiro atoms. The Morgan fingerprint density at radius 2 is 2.16 bits per heavy atom. The SMILES string of the molecule is CCOC(=O)Nc1ccc2c(c1)N(C(=O)CCl)C=CC1=C2CCC=C1. The number of ether oxygens (including phenoxy) is 1. The number of carbonyl (C=O) groups is 2. The second-order valence-electron chi connectivity index (χ2n) is 5.67. The Kier molecular flexibility index (Phi) is 5.24. The van der Waals surface area contributed by atoms with Crippen LogP contribution in [0, 0.1) is 0 Å². The van der Waals surface area contributed by atoms with Gasteiger partial charge in [-0.15, -0.1) is 11.6 Å². The minimum Gasteiger partial charge on any atom is -0.450 e. The van der Waals surface area contributed by atoms with Gasteiger partial charge in [-0.05, 0) is 49.1 Å². The Hall–Kier alpha value is -2.53. The number of rotatable bonds is 3. The quantitative estimate of drug-likeness (QED) is 0.811. The van der Waals surface area contributed by atoms with Crippen LogP contribution in [0.15, 0.2) is 48.2 Å². The lowest BCUT2D eigenvalue weighted by molar-refractivity contribution is -0.115. The first-order valence-electron chi connectivity index (χ1n) is 8.18. The van der Waals surface area contributed by atoms with Gasteiger partial charge in [0.2, 0.25) is 5.91 Å². The Morgan fingerprint density at radius 3 is 2.92 bits per heavy atom. The number of halogens is 1. The zero-order chi connectivity index (χ0) is 17.8. The summed E-state index contributed by atoms with van der Waals surface area (Å²) in [5.41, 5.74) is 4.51. The van der Waals surface area contributed by atoms with Crippen molar-refractivity contribution in [3.05, 3.63) is 53.8 Å². The average Bonchev–Trinajstić information content (AvgIpc) is 2.78. The molecule has 1 N–H and O–H groups in total. The van der Waals surface area contributed by atoms with E-state index in [1.165, 1.54) is 10.5 Å².